The van der Waals surface area contributed by atoms with E-state index < -0.39 is 5.91 Å². The molecule has 0 aliphatic rings. The van der Waals surface area contributed by atoms with E-state index in [9.17, 15) is 4.79 Å². The maximum atomic E-state index is 11.6. The number of nitrogen functional groups attached to an aromatic ring is 1. The third-order valence-corrected chi connectivity index (χ3v) is 4.18. The summed E-state index contributed by atoms with van der Waals surface area (Å²) < 4.78 is 0. The van der Waals surface area contributed by atoms with E-state index in [4.69, 9.17) is 34.7 Å². The molecule has 23 heavy (non-hydrogen) atoms. The third-order valence-electron chi connectivity index (χ3n) is 3.51. The summed E-state index contributed by atoms with van der Waals surface area (Å²) in [6, 6.07) is 9.05. The Morgan fingerprint density at radius 1 is 1.17 bits per heavy atom. The summed E-state index contributed by atoms with van der Waals surface area (Å²) in [4.78, 5) is 19.8. The molecule has 1 amide bonds. The standard InChI is InChI=1S/C16H12Cl2N4O/c17-12-7-11(16(20)23)13(22-14(12)18)6-8-1-2-10-9(5-8)3-4-21-15(10)19/h1-5,7H,6H2,(H2,19,21)(H2,20,23). The number of pyridine rings is 2. The number of hydrogen-bond donors (Lipinski definition) is 2. The van der Waals surface area contributed by atoms with E-state index in [2.05, 4.69) is 9.97 Å². The topological polar surface area (TPSA) is 94.9 Å². The Balaban J connectivity index is 2.05. The molecule has 0 spiro atoms. The second-order valence-corrected chi connectivity index (χ2v) is 5.81. The zero-order valence-corrected chi connectivity index (χ0v) is 13.4. The first-order valence-corrected chi connectivity index (χ1v) is 7.49. The molecule has 4 N–H and O–H groups in total. The highest BCUT2D eigenvalue weighted by Crippen LogP contribution is 2.26. The van der Waals surface area contributed by atoms with Gasteiger partial charge in [0, 0.05) is 18.0 Å². The van der Waals surface area contributed by atoms with Crippen LogP contribution in [0.15, 0.2) is 36.5 Å². The minimum absolute atomic E-state index is 0.140. The molecule has 5 nitrogen and oxygen atoms in total. The fraction of sp³-hybridized carbons (Fsp3) is 0.0625. The van der Waals surface area contributed by atoms with Crippen molar-refractivity contribution < 1.29 is 4.79 Å². The van der Waals surface area contributed by atoms with Gasteiger partial charge in [0.2, 0.25) is 0 Å². The van der Waals surface area contributed by atoms with Crippen molar-refractivity contribution in [2.75, 3.05) is 5.73 Å². The Hall–Kier alpha value is -2.37. The lowest BCUT2D eigenvalue weighted by Crippen LogP contribution is -2.15. The van der Waals surface area contributed by atoms with Crippen LogP contribution < -0.4 is 11.5 Å². The van der Waals surface area contributed by atoms with Gasteiger partial charge in [0.15, 0.2) is 0 Å². The van der Waals surface area contributed by atoms with Crippen LogP contribution in [0.5, 0.6) is 0 Å². The molecule has 0 aliphatic heterocycles. The second-order valence-electron chi connectivity index (χ2n) is 5.05. The van der Waals surface area contributed by atoms with Crippen LogP contribution in [0.3, 0.4) is 0 Å². The molecule has 7 heteroatoms. The molecular formula is C16H12Cl2N4O. The summed E-state index contributed by atoms with van der Waals surface area (Å²) in [6.07, 6.45) is 2.04. The van der Waals surface area contributed by atoms with Gasteiger partial charge >= 0.3 is 0 Å². The first-order valence-electron chi connectivity index (χ1n) is 6.73. The van der Waals surface area contributed by atoms with E-state index in [0.717, 1.165) is 16.3 Å². The average Bonchev–Trinajstić information content (AvgIpc) is 2.50. The van der Waals surface area contributed by atoms with Crippen molar-refractivity contribution >= 4 is 45.7 Å². The second kappa shape index (κ2) is 6.02. The van der Waals surface area contributed by atoms with Crippen LogP contribution in [0.25, 0.3) is 10.8 Å². The minimum Gasteiger partial charge on any atom is -0.383 e. The minimum atomic E-state index is -0.597. The van der Waals surface area contributed by atoms with Crippen molar-refractivity contribution in [1.29, 1.82) is 0 Å². The quantitative estimate of drug-likeness (QED) is 0.711. The molecule has 3 aromatic rings. The highest BCUT2D eigenvalue weighted by atomic mass is 35.5. The number of benzene rings is 1. The molecule has 116 valence electrons. The molecule has 0 bridgehead atoms. The lowest BCUT2D eigenvalue weighted by Gasteiger charge is -2.09. The highest BCUT2D eigenvalue weighted by molar-refractivity contribution is 6.41. The Kier molecular flexibility index (Phi) is 4.07. The van der Waals surface area contributed by atoms with Gasteiger partial charge in [-0.1, -0.05) is 41.4 Å². The zero-order chi connectivity index (χ0) is 16.6. The van der Waals surface area contributed by atoms with E-state index in [1.54, 1.807) is 6.20 Å². The van der Waals surface area contributed by atoms with Gasteiger partial charge in [-0.2, -0.15) is 0 Å². The number of carbonyl (C=O) groups excluding carboxylic acids is 1. The Morgan fingerprint density at radius 2 is 1.96 bits per heavy atom. The van der Waals surface area contributed by atoms with Gasteiger partial charge in [-0.3, -0.25) is 4.79 Å². The van der Waals surface area contributed by atoms with Gasteiger partial charge in [0.1, 0.15) is 11.0 Å². The molecule has 2 aromatic heterocycles. The van der Waals surface area contributed by atoms with E-state index in [1.807, 2.05) is 24.3 Å². The van der Waals surface area contributed by atoms with Crippen molar-refractivity contribution in [2.45, 2.75) is 6.42 Å². The molecule has 2 heterocycles. The predicted molar refractivity (Wildman–Crippen MR) is 91.7 cm³/mol. The van der Waals surface area contributed by atoms with Crippen molar-refractivity contribution in [2.24, 2.45) is 5.73 Å². The normalized spacial score (nSPS) is 10.9. The van der Waals surface area contributed by atoms with E-state index in [-0.39, 0.29) is 15.7 Å². The summed E-state index contributed by atoms with van der Waals surface area (Å²) in [7, 11) is 0. The maximum absolute atomic E-state index is 11.6. The number of nitrogens with zero attached hydrogens (tertiary/aromatic N) is 2. The van der Waals surface area contributed by atoms with E-state index in [0.29, 0.717) is 17.9 Å². The monoisotopic (exact) mass is 346 g/mol. The van der Waals surface area contributed by atoms with Crippen molar-refractivity contribution in [3.63, 3.8) is 0 Å². The largest absolute Gasteiger partial charge is 0.383 e. The van der Waals surface area contributed by atoms with Gasteiger partial charge in [0.05, 0.1) is 16.3 Å². The van der Waals surface area contributed by atoms with Crippen molar-refractivity contribution in [3.8, 4) is 0 Å². The smallest absolute Gasteiger partial charge is 0.250 e. The fourth-order valence-corrected chi connectivity index (χ4v) is 2.71. The molecule has 0 radical (unpaired) electrons. The molecule has 0 fully saturated rings. The maximum Gasteiger partial charge on any atom is 0.250 e. The summed E-state index contributed by atoms with van der Waals surface area (Å²) in [5.41, 5.74) is 12.9. The number of rotatable bonds is 3. The number of nitrogens with two attached hydrogens (primary N) is 2. The number of halogens is 2. The predicted octanol–water partition coefficient (Wildman–Crippen LogP) is 3.21. The number of fused-ring (bicyclic) bond motifs is 1. The summed E-state index contributed by atoms with van der Waals surface area (Å²) in [6.45, 7) is 0. The summed E-state index contributed by atoms with van der Waals surface area (Å²) in [5, 5.41) is 2.16. The van der Waals surface area contributed by atoms with Crippen LogP contribution in [-0.4, -0.2) is 15.9 Å². The number of anilines is 1. The zero-order valence-electron chi connectivity index (χ0n) is 11.9. The summed E-state index contributed by atoms with van der Waals surface area (Å²) in [5.74, 6) is -0.125. The van der Waals surface area contributed by atoms with Crippen molar-refractivity contribution in [1.82, 2.24) is 9.97 Å². The number of aromatic nitrogens is 2. The van der Waals surface area contributed by atoms with Crippen LogP contribution >= 0.6 is 23.2 Å². The molecule has 0 unspecified atom stereocenters. The van der Waals surface area contributed by atoms with E-state index in [1.165, 1.54) is 6.07 Å². The van der Waals surface area contributed by atoms with Crippen LogP contribution in [0.2, 0.25) is 10.2 Å². The van der Waals surface area contributed by atoms with Gasteiger partial charge in [-0.15, -0.1) is 0 Å². The molecule has 0 saturated heterocycles. The first-order chi connectivity index (χ1) is 11.0. The van der Waals surface area contributed by atoms with Gasteiger partial charge in [0.25, 0.3) is 5.91 Å². The Morgan fingerprint density at radius 3 is 2.70 bits per heavy atom. The fourth-order valence-electron chi connectivity index (χ4n) is 2.40. The third kappa shape index (κ3) is 3.06. The first kappa shape index (κ1) is 15.5. The average molecular weight is 347 g/mol. The Bertz CT molecular complexity index is 927. The van der Waals surface area contributed by atoms with Crippen molar-refractivity contribution in [3.05, 3.63) is 63.5 Å². The van der Waals surface area contributed by atoms with Crippen LogP contribution in [-0.2, 0) is 6.42 Å². The lowest BCUT2D eigenvalue weighted by atomic mass is 10.0. The number of hydrogen-bond acceptors (Lipinski definition) is 4. The van der Waals surface area contributed by atoms with Gasteiger partial charge < -0.3 is 11.5 Å². The van der Waals surface area contributed by atoms with E-state index >= 15 is 0 Å². The molecule has 0 atom stereocenters. The Labute approximate surface area is 142 Å². The number of carbonyl (C=O) groups is 1. The van der Waals surface area contributed by atoms with Gasteiger partial charge in [-0.25, -0.2) is 9.97 Å². The van der Waals surface area contributed by atoms with Gasteiger partial charge in [-0.05, 0) is 23.1 Å². The molecule has 1 aromatic carbocycles. The molecule has 0 saturated carbocycles. The number of primary amides is 1. The molecule has 0 aliphatic carbocycles. The molecular weight excluding hydrogens is 335 g/mol. The SMILES string of the molecule is NC(=O)c1cc(Cl)c(Cl)nc1Cc1ccc2c(N)nccc2c1. The molecule has 3 rings (SSSR count). The highest BCUT2D eigenvalue weighted by Gasteiger charge is 2.14. The lowest BCUT2D eigenvalue weighted by molar-refractivity contribution is 0.0999. The number of amides is 1. The van der Waals surface area contributed by atoms with Crippen LogP contribution in [0.1, 0.15) is 21.6 Å². The van der Waals surface area contributed by atoms with Crippen LogP contribution in [0, 0.1) is 0 Å². The summed E-state index contributed by atoms with van der Waals surface area (Å²) >= 11 is 11.9. The van der Waals surface area contributed by atoms with Crippen LogP contribution in [0.4, 0.5) is 5.82 Å².